The molecular weight excluding hydrogens is 224 g/mol. The van der Waals surface area contributed by atoms with Crippen molar-refractivity contribution < 1.29 is 4.79 Å². The van der Waals surface area contributed by atoms with Gasteiger partial charge in [0.1, 0.15) is 0 Å². The Morgan fingerprint density at radius 3 is 2.78 bits per heavy atom. The van der Waals surface area contributed by atoms with E-state index in [0.29, 0.717) is 23.9 Å². The lowest BCUT2D eigenvalue weighted by Gasteiger charge is -2.35. The number of rotatable bonds is 3. The maximum absolute atomic E-state index is 12.0. The zero-order valence-electron chi connectivity index (χ0n) is 11.9. The fourth-order valence-corrected chi connectivity index (χ4v) is 3.43. The van der Waals surface area contributed by atoms with Crippen LogP contribution in [0.4, 0.5) is 0 Å². The second-order valence-corrected chi connectivity index (χ2v) is 6.88. The third-order valence-electron chi connectivity index (χ3n) is 4.41. The predicted molar refractivity (Wildman–Crippen MR) is 74.4 cm³/mol. The fraction of sp³-hybridized carbons (Fsp3) is 0.933. The van der Waals surface area contributed by atoms with Crippen LogP contribution >= 0.6 is 0 Å². The van der Waals surface area contributed by atoms with E-state index in [4.69, 9.17) is 0 Å². The highest BCUT2D eigenvalue weighted by molar-refractivity contribution is 5.76. The molecule has 2 aliphatic rings. The number of piperidine rings is 1. The van der Waals surface area contributed by atoms with Crippen molar-refractivity contribution in [3.05, 3.63) is 0 Å². The maximum atomic E-state index is 12.0. The second-order valence-electron chi connectivity index (χ2n) is 6.88. The van der Waals surface area contributed by atoms with Gasteiger partial charge in [0, 0.05) is 18.5 Å². The van der Waals surface area contributed by atoms with Gasteiger partial charge in [-0.2, -0.15) is 0 Å². The molecule has 1 aliphatic heterocycles. The van der Waals surface area contributed by atoms with Crippen LogP contribution in [0.5, 0.6) is 0 Å². The Bertz CT molecular complexity index is 282. The molecule has 1 saturated carbocycles. The molecule has 18 heavy (non-hydrogen) atoms. The Hall–Kier alpha value is -0.570. The molecule has 1 heterocycles. The van der Waals surface area contributed by atoms with Gasteiger partial charge in [0.15, 0.2) is 0 Å². The quantitative estimate of drug-likeness (QED) is 0.810. The summed E-state index contributed by atoms with van der Waals surface area (Å²) in [4.78, 5) is 12.0. The highest BCUT2D eigenvalue weighted by Crippen LogP contribution is 2.35. The van der Waals surface area contributed by atoms with Crippen molar-refractivity contribution in [2.75, 3.05) is 6.54 Å². The molecule has 0 aromatic carbocycles. The van der Waals surface area contributed by atoms with E-state index in [2.05, 4.69) is 24.5 Å². The second kappa shape index (κ2) is 6.05. The Kier molecular flexibility index (Phi) is 4.66. The van der Waals surface area contributed by atoms with Crippen molar-refractivity contribution >= 4 is 5.91 Å². The predicted octanol–water partition coefficient (Wildman–Crippen LogP) is 2.60. The van der Waals surface area contributed by atoms with Crippen LogP contribution in [0.3, 0.4) is 0 Å². The van der Waals surface area contributed by atoms with Crippen LogP contribution in [-0.4, -0.2) is 24.5 Å². The molecule has 3 nitrogen and oxygen atoms in total. The first kappa shape index (κ1) is 13.9. The van der Waals surface area contributed by atoms with E-state index < -0.39 is 0 Å². The first-order chi connectivity index (χ1) is 8.55. The zero-order valence-corrected chi connectivity index (χ0v) is 11.9. The van der Waals surface area contributed by atoms with Gasteiger partial charge in [-0.3, -0.25) is 4.79 Å². The van der Waals surface area contributed by atoms with E-state index in [9.17, 15) is 4.79 Å². The van der Waals surface area contributed by atoms with Crippen molar-refractivity contribution in [2.24, 2.45) is 5.41 Å². The van der Waals surface area contributed by atoms with Crippen LogP contribution in [0, 0.1) is 5.41 Å². The Labute approximate surface area is 111 Å². The molecule has 0 spiro atoms. The first-order valence-corrected chi connectivity index (χ1v) is 7.58. The van der Waals surface area contributed by atoms with Crippen LogP contribution in [0.25, 0.3) is 0 Å². The van der Waals surface area contributed by atoms with Crippen molar-refractivity contribution in [1.82, 2.24) is 10.6 Å². The van der Waals surface area contributed by atoms with Crippen LogP contribution in [0.1, 0.15) is 65.2 Å². The molecule has 0 aromatic heterocycles. The topological polar surface area (TPSA) is 41.1 Å². The number of carbonyl (C=O) groups is 1. The number of hydrogen-bond donors (Lipinski definition) is 2. The average molecular weight is 252 g/mol. The molecule has 3 heteroatoms. The van der Waals surface area contributed by atoms with E-state index in [-0.39, 0.29) is 5.91 Å². The van der Waals surface area contributed by atoms with E-state index >= 15 is 0 Å². The molecular formula is C15H28N2O. The number of amides is 1. The molecule has 2 fully saturated rings. The van der Waals surface area contributed by atoms with E-state index in [1.54, 1.807) is 0 Å². The zero-order chi connectivity index (χ0) is 13.0. The molecule has 2 N–H and O–H groups in total. The van der Waals surface area contributed by atoms with Gasteiger partial charge < -0.3 is 10.6 Å². The highest BCUT2D eigenvalue weighted by atomic mass is 16.1. The average Bonchev–Trinajstić information content (AvgIpc) is 2.28. The SMILES string of the molecule is CC1(C)CCCC(NC(=O)CC2CCCCN2)C1. The molecule has 104 valence electrons. The summed E-state index contributed by atoms with van der Waals surface area (Å²) in [6.45, 7) is 5.70. The van der Waals surface area contributed by atoms with Gasteiger partial charge in [-0.25, -0.2) is 0 Å². The van der Waals surface area contributed by atoms with Gasteiger partial charge in [-0.1, -0.05) is 26.7 Å². The Balaban J connectivity index is 1.73. The number of carbonyl (C=O) groups excluding carboxylic acids is 1. The molecule has 2 atom stereocenters. The van der Waals surface area contributed by atoms with Gasteiger partial charge in [-0.15, -0.1) is 0 Å². The summed E-state index contributed by atoms with van der Waals surface area (Å²) in [5.41, 5.74) is 0.402. The smallest absolute Gasteiger partial charge is 0.221 e. The summed E-state index contributed by atoms with van der Waals surface area (Å²) in [6.07, 6.45) is 9.18. The van der Waals surface area contributed by atoms with Crippen molar-refractivity contribution in [3.8, 4) is 0 Å². The molecule has 1 aliphatic carbocycles. The monoisotopic (exact) mass is 252 g/mol. The standard InChI is InChI=1S/C15H28N2O/c1-15(2)8-5-7-13(11-15)17-14(18)10-12-6-3-4-9-16-12/h12-13,16H,3-11H2,1-2H3,(H,17,18). The lowest BCUT2D eigenvalue weighted by atomic mass is 9.75. The van der Waals surface area contributed by atoms with Crippen LogP contribution in [0.15, 0.2) is 0 Å². The molecule has 1 amide bonds. The van der Waals surface area contributed by atoms with Gasteiger partial charge in [0.25, 0.3) is 0 Å². The highest BCUT2D eigenvalue weighted by Gasteiger charge is 2.29. The van der Waals surface area contributed by atoms with E-state index in [1.165, 1.54) is 25.7 Å². The third-order valence-corrected chi connectivity index (χ3v) is 4.41. The van der Waals surface area contributed by atoms with Gasteiger partial charge in [0.2, 0.25) is 5.91 Å². The van der Waals surface area contributed by atoms with E-state index in [0.717, 1.165) is 25.8 Å². The maximum Gasteiger partial charge on any atom is 0.221 e. The minimum atomic E-state index is 0.247. The van der Waals surface area contributed by atoms with Crippen molar-refractivity contribution in [3.63, 3.8) is 0 Å². The lowest BCUT2D eigenvalue weighted by molar-refractivity contribution is -0.122. The molecule has 0 radical (unpaired) electrons. The van der Waals surface area contributed by atoms with Gasteiger partial charge in [-0.05, 0) is 44.1 Å². The summed E-state index contributed by atoms with van der Waals surface area (Å²) in [5.74, 6) is 0.247. The summed E-state index contributed by atoms with van der Waals surface area (Å²) < 4.78 is 0. The molecule has 2 rings (SSSR count). The van der Waals surface area contributed by atoms with E-state index in [1.807, 2.05) is 0 Å². The molecule has 2 unspecified atom stereocenters. The Morgan fingerprint density at radius 2 is 2.11 bits per heavy atom. The molecule has 0 bridgehead atoms. The van der Waals surface area contributed by atoms with Crippen LogP contribution in [0.2, 0.25) is 0 Å². The summed E-state index contributed by atoms with van der Waals surface area (Å²) in [6, 6.07) is 0.820. The minimum absolute atomic E-state index is 0.247. The summed E-state index contributed by atoms with van der Waals surface area (Å²) in [5, 5.41) is 6.69. The largest absolute Gasteiger partial charge is 0.353 e. The minimum Gasteiger partial charge on any atom is -0.353 e. The number of nitrogens with one attached hydrogen (secondary N) is 2. The number of hydrogen-bond acceptors (Lipinski definition) is 2. The van der Waals surface area contributed by atoms with Gasteiger partial charge in [0.05, 0.1) is 0 Å². The lowest BCUT2D eigenvalue weighted by Crippen LogP contribution is -2.44. The summed E-state index contributed by atoms with van der Waals surface area (Å²) in [7, 11) is 0. The Morgan fingerprint density at radius 1 is 1.28 bits per heavy atom. The molecule has 0 aromatic rings. The normalized spacial score (nSPS) is 31.9. The summed E-state index contributed by atoms with van der Waals surface area (Å²) >= 11 is 0. The third kappa shape index (κ3) is 4.27. The van der Waals surface area contributed by atoms with Crippen LogP contribution < -0.4 is 10.6 Å². The van der Waals surface area contributed by atoms with Crippen molar-refractivity contribution in [1.29, 1.82) is 0 Å². The molecule has 1 saturated heterocycles. The van der Waals surface area contributed by atoms with Gasteiger partial charge >= 0.3 is 0 Å². The van der Waals surface area contributed by atoms with Crippen LogP contribution in [-0.2, 0) is 4.79 Å². The first-order valence-electron chi connectivity index (χ1n) is 7.58. The fourth-order valence-electron chi connectivity index (χ4n) is 3.43. The van der Waals surface area contributed by atoms with Crippen molar-refractivity contribution in [2.45, 2.75) is 77.3 Å².